The molecule has 1 saturated carbocycles. The van der Waals surface area contributed by atoms with Gasteiger partial charge in [0.15, 0.2) is 0 Å². The van der Waals surface area contributed by atoms with Crippen molar-refractivity contribution in [2.75, 3.05) is 7.11 Å². The summed E-state index contributed by atoms with van der Waals surface area (Å²) in [5.74, 6) is 0.977. The van der Waals surface area contributed by atoms with Gasteiger partial charge in [0.05, 0.1) is 12.1 Å². The van der Waals surface area contributed by atoms with Crippen molar-refractivity contribution in [1.82, 2.24) is 20.1 Å². The van der Waals surface area contributed by atoms with E-state index < -0.39 is 0 Å². The van der Waals surface area contributed by atoms with Crippen LogP contribution in [0.2, 0.25) is 0 Å². The summed E-state index contributed by atoms with van der Waals surface area (Å²) in [5, 5.41) is 7.72. The smallest absolute Gasteiger partial charge is 0.143 e. The second-order valence-electron chi connectivity index (χ2n) is 4.80. The number of rotatable bonds is 4. The van der Waals surface area contributed by atoms with E-state index in [9.17, 15) is 0 Å². The Hall–Kier alpha value is -0.940. The lowest BCUT2D eigenvalue weighted by Gasteiger charge is -2.33. The maximum Gasteiger partial charge on any atom is 0.143 e. The molecule has 1 N–H and O–H groups in total. The van der Waals surface area contributed by atoms with Crippen LogP contribution in [0.1, 0.15) is 44.5 Å². The Bertz CT molecular complexity index is 352. The van der Waals surface area contributed by atoms with E-state index in [4.69, 9.17) is 4.74 Å². The minimum absolute atomic E-state index is 0.211. The van der Waals surface area contributed by atoms with E-state index in [2.05, 4.69) is 22.3 Å². The Morgan fingerprint density at radius 3 is 2.88 bits per heavy atom. The van der Waals surface area contributed by atoms with Gasteiger partial charge in [-0.3, -0.25) is 4.68 Å². The zero-order chi connectivity index (χ0) is 12.3. The molecule has 2 rings (SSSR count). The van der Waals surface area contributed by atoms with Gasteiger partial charge in [-0.15, -0.1) is 0 Å². The Morgan fingerprint density at radius 1 is 1.47 bits per heavy atom. The number of aromatic nitrogens is 3. The molecule has 1 aliphatic rings. The molecule has 0 bridgehead atoms. The van der Waals surface area contributed by atoms with Gasteiger partial charge in [0, 0.05) is 20.2 Å². The van der Waals surface area contributed by atoms with Crippen LogP contribution in [0.5, 0.6) is 0 Å². The molecule has 1 aromatic heterocycles. The normalized spacial score (nSPS) is 27.0. The largest absolute Gasteiger partial charge is 0.380 e. The molecule has 0 aliphatic heterocycles. The molecular weight excluding hydrogens is 216 g/mol. The average Bonchev–Trinajstić information content (AvgIpc) is 2.76. The summed E-state index contributed by atoms with van der Waals surface area (Å²) < 4.78 is 7.37. The second kappa shape index (κ2) is 5.60. The predicted octanol–water partition coefficient (Wildman–Crippen LogP) is 1.42. The zero-order valence-electron chi connectivity index (χ0n) is 10.9. The van der Waals surface area contributed by atoms with Gasteiger partial charge in [0.25, 0.3) is 0 Å². The van der Waals surface area contributed by atoms with Crippen LogP contribution < -0.4 is 5.32 Å². The third kappa shape index (κ3) is 2.84. The van der Waals surface area contributed by atoms with Gasteiger partial charge in [-0.05, 0) is 19.8 Å². The Morgan fingerprint density at radius 2 is 2.24 bits per heavy atom. The average molecular weight is 238 g/mol. The molecule has 1 aromatic rings. The first-order valence-electron chi connectivity index (χ1n) is 6.35. The van der Waals surface area contributed by atoms with Crippen molar-refractivity contribution in [2.24, 2.45) is 7.05 Å². The summed E-state index contributed by atoms with van der Waals surface area (Å²) in [6.45, 7) is 2.13. The van der Waals surface area contributed by atoms with Gasteiger partial charge in [0.1, 0.15) is 12.2 Å². The minimum atomic E-state index is 0.211. The van der Waals surface area contributed by atoms with Crippen LogP contribution >= 0.6 is 0 Å². The summed E-state index contributed by atoms with van der Waals surface area (Å²) in [6.07, 6.45) is 6.82. The molecule has 3 atom stereocenters. The monoisotopic (exact) mass is 238 g/mol. The Kier molecular flexibility index (Phi) is 4.12. The summed E-state index contributed by atoms with van der Waals surface area (Å²) in [7, 11) is 3.73. The van der Waals surface area contributed by atoms with Crippen LogP contribution in [0.4, 0.5) is 0 Å². The Balaban J connectivity index is 1.97. The van der Waals surface area contributed by atoms with Crippen LogP contribution in [-0.4, -0.2) is 34.0 Å². The first-order chi connectivity index (χ1) is 8.22. The van der Waals surface area contributed by atoms with Crippen molar-refractivity contribution in [3.05, 3.63) is 12.2 Å². The van der Waals surface area contributed by atoms with Gasteiger partial charge in [0.2, 0.25) is 0 Å². The highest BCUT2D eigenvalue weighted by molar-refractivity contribution is 4.94. The number of ether oxygens (including phenoxy) is 1. The lowest BCUT2D eigenvalue weighted by molar-refractivity contribution is 0.0379. The fourth-order valence-electron chi connectivity index (χ4n) is 2.66. The fraction of sp³-hybridized carbons (Fsp3) is 0.833. The van der Waals surface area contributed by atoms with Crippen LogP contribution in [-0.2, 0) is 11.8 Å². The molecule has 17 heavy (non-hydrogen) atoms. The molecule has 0 saturated heterocycles. The number of hydrogen-bond acceptors (Lipinski definition) is 4. The summed E-state index contributed by atoms with van der Waals surface area (Å²) in [4.78, 5) is 4.28. The summed E-state index contributed by atoms with van der Waals surface area (Å²) in [6, 6.07) is 0.642. The summed E-state index contributed by atoms with van der Waals surface area (Å²) >= 11 is 0. The fourth-order valence-corrected chi connectivity index (χ4v) is 2.66. The highest BCUT2D eigenvalue weighted by Gasteiger charge is 2.27. The molecule has 5 nitrogen and oxygen atoms in total. The second-order valence-corrected chi connectivity index (χ2v) is 4.80. The molecule has 5 heteroatoms. The van der Waals surface area contributed by atoms with E-state index in [-0.39, 0.29) is 6.04 Å². The molecular formula is C12H22N4O. The standard InChI is InChI=1S/C12H22N4O/c1-9(12-13-8-14-16(12)2)15-10-6-4-5-7-11(10)17-3/h8-11,15H,4-7H2,1-3H3/t9?,10-,11-/m0/s1. The lowest BCUT2D eigenvalue weighted by Crippen LogP contribution is -2.44. The van der Waals surface area contributed by atoms with E-state index in [0.717, 1.165) is 12.2 Å². The lowest BCUT2D eigenvalue weighted by atomic mass is 9.92. The third-order valence-corrected chi connectivity index (χ3v) is 3.60. The van der Waals surface area contributed by atoms with E-state index in [0.29, 0.717) is 12.1 Å². The maximum atomic E-state index is 5.55. The molecule has 1 unspecified atom stereocenters. The topological polar surface area (TPSA) is 52.0 Å². The summed E-state index contributed by atoms with van der Waals surface area (Å²) in [5.41, 5.74) is 0. The van der Waals surface area contributed by atoms with Gasteiger partial charge in [-0.1, -0.05) is 12.8 Å². The highest BCUT2D eigenvalue weighted by atomic mass is 16.5. The number of hydrogen-bond donors (Lipinski definition) is 1. The van der Waals surface area contributed by atoms with Crippen molar-refractivity contribution in [1.29, 1.82) is 0 Å². The van der Waals surface area contributed by atoms with Crippen molar-refractivity contribution in [3.63, 3.8) is 0 Å². The van der Waals surface area contributed by atoms with E-state index in [1.54, 1.807) is 13.4 Å². The maximum absolute atomic E-state index is 5.55. The van der Waals surface area contributed by atoms with Gasteiger partial charge < -0.3 is 10.1 Å². The first kappa shape index (κ1) is 12.5. The molecule has 0 aromatic carbocycles. The van der Waals surface area contributed by atoms with Crippen molar-refractivity contribution in [3.8, 4) is 0 Å². The molecule has 0 spiro atoms. The molecule has 1 fully saturated rings. The predicted molar refractivity (Wildman–Crippen MR) is 65.6 cm³/mol. The SMILES string of the molecule is CO[C@H]1CCCC[C@@H]1NC(C)c1ncnn1C. The number of nitrogens with zero attached hydrogens (tertiary/aromatic N) is 3. The Labute approximate surface area is 103 Å². The van der Waals surface area contributed by atoms with E-state index in [1.165, 1.54) is 19.3 Å². The molecule has 0 radical (unpaired) electrons. The van der Waals surface area contributed by atoms with Crippen LogP contribution in [0, 0.1) is 0 Å². The van der Waals surface area contributed by atoms with Crippen molar-refractivity contribution < 1.29 is 4.74 Å². The van der Waals surface area contributed by atoms with Crippen LogP contribution in [0.3, 0.4) is 0 Å². The first-order valence-corrected chi connectivity index (χ1v) is 6.35. The number of methoxy groups -OCH3 is 1. The highest BCUT2D eigenvalue weighted by Crippen LogP contribution is 2.23. The molecule has 1 heterocycles. The van der Waals surface area contributed by atoms with E-state index in [1.807, 2.05) is 11.7 Å². The van der Waals surface area contributed by atoms with Crippen molar-refractivity contribution in [2.45, 2.75) is 50.8 Å². The third-order valence-electron chi connectivity index (χ3n) is 3.60. The van der Waals surface area contributed by atoms with Crippen LogP contribution in [0.15, 0.2) is 6.33 Å². The van der Waals surface area contributed by atoms with Gasteiger partial charge >= 0.3 is 0 Å². The molecule has 0 amide bonds. The molecule has 1 aliphatic carbocycles. The number of nitrogens with one attached hydrogen (secondary N) is 1. The number of aryl methyl sites for hydroxylation is 1. The van der Waals surface area contributed by atoms with E-state index >= 15 is 0 Å². The minimum Gasteiger partial charge on any atom is -0.380 e. The van der Waals surface area contributed by atoms with Crippen LogP contribution in [0.25, 0.3) is 0 Å². The zero-order valence-corrected chi connectivity index (χ0v) is 10.9. The van der Waals surface area contributed by atoms with Crippen molar-refractivity contribution >= 4 is 0 Å². The van der Waals surface area contributed by atoms with Gasteiger partial charge in [-0.25, -0.2) is 4.98 Å². The molecule has 96 valence electrons. The quantitative estimate of drug-likeness (QED) is 0.862. The van der Waals surface area contributed by atoms with Gasteiger partial charge in [-0.2, -0.15) is 5.10 Å².